The number of nitrogens with one attached hydrogen (secondary N) is 3. The number of aromatic nitrogens is 1. The third-order valence-corrected chi connectivity index (χ3v) is 6.79. The molecule has 2 aromatic heterocycles. The van der Waals surface area contributed by atoms with E-state index in [4.69, 9.17) is 21.3 Å². The molecule has 0 atom stereocenters. The molecule has 8 nitrogen and oxygen atoms in total. The zero-order chi connectivity index (χ0) is 26.4. The number of pyridine rings is 1. The fourth-order valence-corrected chi connectivity index (χ4v) is 4.65. The van der Waals surface area contributed by atoms with Gasteiger partial charge in [0.2, 0.25) is 5.90 Å². The number of primary amides is 1. The predicted octanol–water partition coefficient (Wildman–Crippen LogP) is 5.20. The Morgan fingerprint density at radius 2 is 1.83 bits per heavy atom. The van der Waals surface area contributed by atoms with Gasteiger partial charge in [-0.15, -0.1) is 11.3 Å². The first-order valence-corrected chi connectivity index (χ1v) is 11.9. The van der Waals surface area contributed by atoms with E-state index in [1.54, 1.807) is 19.1 Å². The molecule has 1 saturated carbocycles. The maximum Gasteiger partial charge on any atom is 0.251 e. The highest BCUT2D eigenvalue weighted by Crippen LogP contribution is 2.40. The molecule has 1 aliphatic rings. The number of amides is 1. The quantitative estimate of drug-likeness (QED) is 0.218. The van der Waals surface area contributed by atoms with Gasteiger partial charge in [0.05, 0.1) is 28.0 Å². The largest absolute Gasteiger partial charge is 0.425 e. The van der Waals surface area contributed by atoms with Crippen molar-refractivity contribution < 1.29 is 23.4 Å². The number of aliphatic hydroxyl groups is 1. The second-order valence-electron chi connectivity index (χ2n) is 9.12. The van der Waals surface area contributed by atoms with Gasteiger partial charge >= 0.3 is 0 Å². The summed E-state index contributed by atoms with van der Waals surface area (Å²) in [7, 11) is 0. The Morgan fingerprint density at radius 3 is 2.36 bits per heavy atom. The summed E-state index contributed by atoms with van der Waals surface area (Å²) in [5, 5.41) is 29.3. The molecule has 0 spiro atoms. The van der Waals surface area contributed by atoms with E-state index >= 15 is 0 Å². The summed E-state index contributed by atoms with van der Waals surface area (Å²) in [6.45, 7) is 4.51. The number of thiophene rings is 1. The zero-order valence-electron chi connectivity index (χ0n) is 19.8. The second-order valence-corrected chi connectivity index (χ2v) is 10.2. The van der Waals surface area contributed by atoms with Crippen LogP contribution >= 0.6 is 11.3 Å². The van der Waals surface area contributed by atoms with Crippen LogP contribution in [0.3, 0.4) is 0 Å². The van der Waals surface area contributed by atoms with E-state index in [1.807, 2.05) is 0 Å². The number of benzene rings is 1. The second kappa shape index (κ2) is 9.40. The van der Waals surface area contributed by atoms with Gasteiger partial charge < -0.3 is 20.9 Å². The van der Waals surface area contributed by atoms with Gasteiger partial charge in [0, 0.05) is 10.8 Å². The number of ether oxygens (including phenoxy) is 1. The Labute approximate surface area is 210 Å². The van der Waals surface area contributed by atoms with Gasteiger partial charge in [0.1, 0.15) is 22.5 Å². The monoisotopic (exact) mass is 513 g/mol. The van der Waals surface area contributed by atoms with E-state index in [-0.39, 0.29) is 44.3 Å². The van der Waals surface area contributed by atoms with Crippen LogP contribution in [0.5, 0.6) is 0 Å². The molecule has 36 heavy (non-hydrogen) atoms. The number of halogens is 2. The Balaban J connectivity index is 1.62. The molecule has 11 heteroatoms. The molecule has 188 valence electrons. The van der Waals surface area contributed by atoms with Gasteiger partial charge in [0.25, 0.3) is 5.91 Å². The summed E-state index contributed by atoms with van der Waals surface area (Å²) in [6.07, 6.45) is 1.77. The van der Waals surface area contributed by atoms with Gasteiger partial charge in [-0.25, -0.2) is 13.8 Å². The zero-order valence-corrected chi connectivity index (χ0v) is 20.6. The lowest BCUT2D eigenvalue weighted by molar-refractivity contribution is 0.0778. The van der Waals surface area contributed by atoms with Crippen molar-refractivity contribution in [2.24, 2.45) is 11.7 Å². The minimum Gasteiger partial charge on any atom is -0.425 e. The summed E-state index contributed by atoms with van der Waals surface area (Å²) in [5.41, 5.74) is 4.69. The Kier molecular flexibility index (Phi) is 6.63. The summed E-state index contributed by atoms with van der Waals surface area (Å²) in [6, 6.07) is 6.57. The maximum atomic E-state index is 14.9. The van der Waals surface area contributed by atoms with Crippen molar-refractivity contribution in [1.29, 1.82) is 10.8 Å². The minimum atomic E-state index is -1.43. The van der Waals surface area contributed by atoms with Crippen molar-refractivity contribution in [1.82, 2.24) is 4.98 Å². The Bertz CT molecular complexity index is 1370. The van der Waals surface area contributed by atoms with Crippen molar-refractivity contribution >= 4 is 39.9 Å². The van der Waals surface area contributed by atoms with E-state index in [2.05, 4.69) is 10.3 Å². The molecule has 4 rings (SSSR count). The van der Waals surface area contributed by atoms with Gasteiger partial charge in [-0.2, -0.15) is 0 Å². The average Bonchev–Trinajstić information content (AvgIpc) is 3.54. The number of rotatable bonds is 7. The number of aryl methyl sites for hydroxylation is 1. The molecule has 0 bridgehead atoms. The molecule has 1 aliphatic carbocycles. The molecule has 1 aromatic carbocycles. The lowest BCUT2D eigenvalue weighted by Crippen LogP contribution is -2.16. The topological polar surface area (TPSA) is 145 Å². The molecular formula is C25H25F2N5O3S. The summed E-state index contributed by atoms with van der Waals surface area (Å²) < 4.78 is 35.1. The van der Waals surface area contributed by atoms with Gasteiger partial charge in [0.15, 0.2) is 5.90 Å². The van der Waals surface area contributed by atoms with Crippen molar-refractivity contribution in [3.63, 3.8) is 0 Å². The summed E-state index contributed by atoms with van der Waals surface area (Å²) >= 11 is 0.923. The van der Waals surface area contributed by atoms with Crippen LogP contribution < -0.4 is 11.1 Å². The van der Waals surface area contributed by atoms with Crippen molar-refractivity contribution in [2.45, 2.75) is 39.2 Å². The number of hydrogen-bond donors (Lipinski definition) is 5. The summed E-state index contributed by atoms with van der Waals surface area (Å²) in [4.78, 5) is 16.6. The van der Waals surface area contributed by atoms with Gasteiger partial charge in [-0.05, 0) is 69.5 Å². The molecular weight excluding hydrogens is 488 g/mol. The third-order valence-electron chi connectivity index (χ3n) is 5.72. The number of nitrogens with two attached hydrogens (primary N) is 1. The molecule has 0 aliphatic heterocycles. The van der Waals surface area contributed by atoms with Crippen molar-refractivity contribution in [3.8, 4) is 10.4 Å². The normalized spacial score (nSPS) is 13.4. The smallest absolute Gasteiger partial charge is 0.251 e. The fourth-order valence-electron chi connectivity index (χ4n) is 3.53. The first-order chi connectivity index (χ1) is 16.8. The van der Waals surface area contributed by atoms with Crippen LogP contribution in [0.1, 0.15) is 53.9 Å². The van der Waals surface area contributed by atoms with E-state index in [1.165, 1.54) is 19.9 Å². The molecule has 0 unspecified atom stereocenters. The molecule has 1 fully saturated rings. The highest BCUT2D eigenvalue weighted by atomic mass is 32.1. The number of carbonyl (C=O) groups is 1. The number of anilines is 2. The number of hydrogen-bond acceptors (Lipinski definition) is 8. The highest BCUT2D eigenvalue weighted by Gasteiger charge is 2.29. The average molecular weight is 514 g/mol. The standard InChI is InChI=1S/C25H25F2N5O3S/c1-11-14(23(30)35-22(29)12-4-5-12)6-7-19(31-11)32-24-15(21(28)33)10-18(36-24)20-16(26)8-13(9-17(20)27)25(2,3)34/h6-10,12,29-30,34H,4-5H2,1-3H3,(H2,28,33)(H,31,32). The first kappa shape index (κ1) is 25.4. The number of carbonyl (C=O) groups excluding carboxylic acids is 1. The molecule has 6 N–H and O–H groups in total. The van der Waals surface area contributed by atoms with E-state index in [9.17, 15) is 18.7 Å². The molecule has 0 radical (unpaired) electrons. The van der Waals surface area contributed by atoms with E-state index in [0.29, 0.717) is 17.1 Å². The Hall–Kier alpha value is -3.70. The lowest BCUT2D eigenvalue weighted by atomic mass is 9.96. The first-order valence-electron chi connectivity index (χ1n) is 11.1. The molecule has 2 heterocycles. The lowest BCUT2D eigenvalue weighted by Gasteiger charge is -2.18. The van der Waals surface area contributed by atoms with Crippen LogP contribution in [0.25, 0.3) is 10.4 Å². The van der Waals surface area contributed by atoms with Crippen LogP contribution in [-0.2, 0) is 10.3 Å². The minimum absolute atomic E-state index is 0.0258. The van der Waals surface area contributed by atoms with Crippen LogP contribution in [-0.4, -0.2) is 27.8 Å². The SMILES string of the molecule is Cc1nc(Nc2sc(-c3c(F)cc(C(C)(C)O)cc3F)cc2C(N)=O)ccc1C(=N)OC(=N)C1CC1. The number of nitrogens with zero attached hydrogens (tertiary/aromatic N) is 1. The van der Waals surface area contributed by atoms with Gasteiger partial charge in [-0.1, -0.05) is 0 Å². The third kappa shape index (κ3) is 5.26. The van der Waals surface area contributed by atoms with Gasteiger partial charge in [-0.3, -0.25) is 15.6 Å². The molecule has 0 saturated heterocycles. The summed E-state index contributed by atoms with van der Waals surface area (Å²) in [5.74, 6) is -2.30. The Morgan fingerprint density at radius 1 is 1.19 bits per heavy atom. The van der Waals surface area contributed by atoms with E-state index < -0.39 is 23.1 Å². The molecule has 3 aromatic rings. The fraction of sp³-hybridized carbons (Fsp3) is 0.280. The van der Waals surface area contributed by atoms with Crippen LogP contribution in [0, 0.1) is 35.3 Å². The molecule has 1 amide bonds. The predicted molar refractivity (Wildman–Crippen MR) is 134 cm³/mol. The van der Waals surface area contributed by atoms with Crippen LogP contribution in [0.15, 0.2) is 30.3 Å². The van der Waals surface area contributed by atoms with E-state index in [0.717, 1.165) is 36.3 Å². The van der Waals surface area contributed by atoms with Crippen molar-refractivity contribution in [2.75, 3.05) is 5.32 Å². The van der Waals surface area contributed by atoms with Crippen LogP contribution in [0.4, 0.5) is 19.6 Å². The highest BCUT2D eigenvalue weighted by molar-refractivity contribution is 7.20. The van der Waals surface area contributed by atoms with Crippen LogP contribution in [0.2, 0.25) is 0 Å². The maximum absolute atomic E-state index is 14.9. The van der Waals surface area contributed by atoms with Crippen molar-refractivity contribution in [3.05, 3.63) is 64.4 Å².